The van der Waals surface area contributed by atoms with Crippen molar-refractivity contribution in [1.29, 1.82) is 0 Å². The standard InChI is InChI=1S/C26H26FNO5/c1-26(2,25(30)31)33-17-20-10-4-8-18(23(20)27)11-6-14-28-15-7-13-22(28)24(29)19-9-5-12-21(16-19)32-3/h4-13,15-16H,14,17H2,1-3H3,(H,30,31)/b11-6+. The van der Waals surface area contributed by atoms with Gasteiger partial charge in [-0.05, 0) is 38.1 Å². The molecule has 33 heavy (non-hydrogen) atoms. The van der Waals surface area contributed by atoms with Crippen molar-refractivity contribution in [2.45, 2.75) is 32.6 Å². The number of nitrogens with zero attached hydrogens (tertiary/aromatic N) is 1. The van der Waals surface area contributed by atoms with Gasteiger partial charge in [-0.15, -0.1) is 0 Å². The summed E-state index contributed by atoms with van der Waals surface area (Å²) in [4.78, 5) is 24.1. The van der Waals surface area contributed by atoms with Crippen molar-refractivity contribution >= 4 is 17.8 Å². The highest BCUT2D eigenvalue weighted by Crippen LogP contribution is 2.20. The van der Waals surface area contributed by atoms with Gasteiger partial charge in [0.05, 0.1) is 19.4 Å². The molecule has 0 atom stereocenters. The Labute approximate surface area is 191 Å². The van der Waals surface area contributed by atoms with Crippen LogP contribution in [0.1, 0.15) is 41.0 Å². The number of ketones is 1. The second-order valence-corrected chi connectivity index (χ2v) is 7.93. The van der Waals surface area contributed by atoms with Crippen LogP contribution in [0.2, 0.25) is 0 Å². The van der Waals surface area contributed by atoms with Crippen molar-refractivity contribution in [3.8, 4) is 5.75 Å². The number of aromatic nitrogens is 1. The highest BCUT2D eigenvalue weighted by molar-refractivity contribution is 6.08. The van der Waals surface area contributed by atoms with Crippen LogP contribution < -0.4 is 4.74 Å². The van der Waals surface area contributed by atoms with E-state index in [0.717, 1.165) is 0 Å². The summed E-state index contributed by atoms with van der Waals surface area (Å²) in [6.07, 6.45) is 5.17. The SMILES string of the molecule is COc1cccc(C(=O)c2cccn2C/C=C/c2cccc(COC(C)(C)C(=O)O)c2F)c1. The molecule has 2 aromatic carbocycles. The van der Waals surface area contributed by atoms with Crippen molar-refractivity contribution in [2.24, 2.45) is 0 Å². The minimum Gasteiger partial charge on any atom is -0.497 e. The number of ether oxygens (including phenoxy) is 2. The molecule has 172 valence electrons. The minimum absolute atomic E-state index is 0.140. The number of carbonyl (C=O) groups is 2. The van der Waals surface area contributed by atoms with E-state index in [-0.39, 0.29) is 18.0 Å². The average Bonchev–Trinajstić information content (AvgIpc) is 3.27. The third-order valence-electron chi connectivity index (χ3n) is 5.21. The van der Waals surface area contributed by atoms with Gasteiger partial charge in [-0.25, -0.2) is 9.18 Å². The third-order valence-corrected chi connectivity index (χ3v) is 5.21. The van der Waals surface area contributed by atoms with Crippen molar-refractivity contribution in [3.05, 3.63) is 95.1 Å². The first kappa shape index (κ1) is 23.9. The predicted octanol–water partition coefficient (Wildman–Crippen LogP) is 4.96. The lowest BCUT2D eigenvalue weighted by Gasteiger charge is -2.20. The lowest BCUT2D eigenvalue weighted by Crippen LogP contribution is -2.34. The van der Waals surface area contributed by atoms with Crippen LogP contribution in [0.15, 0.2) is 66.9 Å². The lowest BCUT2D eigenvalue weighted by molar-refractivity contribution is -0.162. The first-order valence-corrected chi connectivity index (χ1v) is 10.4. The summed E-state index contributed by atoms with van der Waals surface area (Å²) in [6, 6.07) is 15.3. The van der Waals surface area contributed by atoms with Gasteiger partial charge in [-0.3, -0.25) is 4.79 Å². The average molecular weight is 451 g/mol. The van der Waals surface area contributed by atoms with Crippen LogP contribution in [0.5, 0.6) is 5.75 Å². The number of carboxylic acid groups (broad SMARTS) is 1. The van der Waals surface area contributed by atoms with Crippen LogP contribution >= 0.6 is 0 Å². The molecule has 3 rings (SSSR count). The Morgan fingerprint density at radius 2 is 1.88 bits per heavy atom. The summed E-state index contributed by atoms with van der Waals surface area (Å²) in [5, 5.41) is 9.15. The van der Waals surface area contributed by atoms with E-state index in [0.29, 0.717) is 29.1 Å². The molecule has 0 saturated carbocycles. The van der Waals surface area contributed by atoms with E-state index in [4.69, 9.17) is 14.6 Å². The highest BCUT2D eigenvalue weighted by Gasteiger charge is 2.28. The van der Waals surface area contributed by atoms with E-state index in [1.165, 1.54) is 13.8 Å². The molecule has 3 aromatic rings. The van der Waals surface area contributed by atoms with Crippen LogP contribution in [0, 0.1) is 5.82 Å². The largest absolute Gasteiger partial charge is 0.497 e. The van der Waals surface area contributed by atoms with E-state index >= 15 is 0 Å². The van der Waals surface area contributed by atoms with E-state index in [1.54, 1.807) is 84.6 Å². The predicted molar refractivity (Wildman–Crippen MR) is 123 cm³/mol. The van der Waals surface area contributed by atoms with Gasteiger partial charge in [0.1, 0.15) is 11.6 Å². The molecular formula is C26H26FNO5. The molecule has 0 spiro atoms. The zero-order valence-corrected chi connectivity index (χ0v) is 18.7. The number of methoxy groups -OCH3 is 1. The Hall–Kier alpha value is -3.71. The number of hydrogen-bond donors (Lipinski definition) is 1. The van der Waals surface area contributed by atoms with Gasteiger partial charge in [0.25, 0.3) is 0 Å². The molecule has 7 heteroatoms. The zero-order chi connectivity index (χ0) is 24.0. The summed E-state index contributed by atoms with van der Waals surface area (Å²) in [6.45, 7) is 3.03. The Kier molecular flexibility index (Phi) is 7.45. The van der Waals surface area contributed by atoms with Crippen molar-refractivity contribution in [3.63, 3.8) is 0 Å². The molecule has 0 aliphatic heterocycles. The Balaban J connectivity index is 1.72. The molecule has 1 aromatic heterocycles. The van der Waals surface area contributed by atoms with E-state index in [1.807, 2.05) is 0 Å². The normalized spacial score (nSPS) is 11.6. The van der Waals surface area contributed by atoms with Gasteiger partial charge in [-0.1, -0.05) is 42.5 Å². The quantitative estimate of drug-likeness (QED) is 0.441. The summed E-state index contributed by atoms with van der Waals surface area (Å²) in [5.41, 5.74) is 0.212. The Bertz CT molecular complexity index is 1180. The van der Waals surface area contributed by atoms with Gasteiger partial charge in [0.15, 0.2) is 5.60 Å². The maximum atomic E-state index is 14.9. The fraction of sp³-hybridized carbons (Fsp3) is 0.231. The first-order valence-electron chi connectivity index (χ1n) is 10.4. The molecule has 0 saturated heterocycles. The van der Waals surface area contributed by atoms with Crippen LogP contribution in [-0.4, -0.2) is 34.1 Å². The molecule has 1 N–H and O–H groups in total. The van der Waals surface area contributed by atoms with Crippen LogP contribution in [0.4, 0.5) is 4.39 Å². The van der Waals surface area contributed by atoms with Gasteiger partial charge < -0.3 is 19.1 Å². The van der Waals surface area contributed by atoms with Gasteiger partial charge in [-0.2, -0.15) is 0 Å². The number of rotatable bonds is 10. The number of hydrogen-bond acceptors (Lipinski definition) is 4. The fourth-order valence-corrected chi connectivity index (χ4v) is 3.14. The number of aliphatic carboxylic acids is 1. The summed E-state index contributed by atoms with van der Waals surface area (Å²) >= 11 is 0. The Morgan fingerprint density at radius 1 is 1.12 bits per heavy atom. The summed E-state index contributed by atoms with van der Waals surface area (Å²) < 4.78 is 27.2. The molecule has 0 fully saturated rings. The molecule has 0 aliphatic carbocycles. The molecule has 0 radical (unpaired) electrons. The van der Waals surface area contributed by atoms with Crippen LogP contribution in [0.25, 0.3) is 6.08 Å². The second-order valence-electron chi connectivity index (χ2n) is 7.93. The third kappa shape index (κ3) is 5.75. The first-order chi connectivity index (χ1) is 15.7. The zero-order valence-electron chi connectivity index (χ0n) is 18.7. The minimum atomic E-state index is -1.42. The lowest BCUT2D eigenvalue weighted by atomic mass is 10.1. The highest BCUT2D eigenvalue weighted by atomic mass is 19.1. The molecule has 0 unspecified atom stereocenters. The summed E-state index contributed by atoms with van der Waals surface area (Å²) in [5.74, 6) is -1.14. The fourth-order valence-electron chi connectivity index (χ4n) is 3.14. The summed E-state index contributed by atoms with van der Waals surface area (Å²) in [7, 11) is 1.55. The smallest absolute Gasteiger partial charge is 0.335 e. The van der Waals surface area contributed by atoms with Crippen molar-refractivity contribution < 1.29 is 28.6 Å². The number of benzene rings is 2. The topological polar surface area (TPSA) is 77.8 Å². The maximum absolute atomic E-state index is 14.9. The number of allylic oxidation sites excluding steroid dienone is 1. The van der Waals surface area contributed by atoms with Crippen molar-refractivity contribution in [1.82, 2.24) is 4.57 Å². The van der Waals surface area contributed by atoms with Crippen LogP contribution in [0.3, 0.4) is 0 Å². The second kappa shape index (κ2) is 10.3. The molecule has 0 amide bonds. The van der Waals surface area contributed by atoms with Gasteiger partial charge >= 0.3 is 5.97 Å². The molecule has 0 bridgehead atoms. The monoisotopic (exact) mass is 451 g/mol. The van der Waals surface area contributed by atoms with E-state index < -0.39 is 17.4 Å². The maximum Gasteiger partial charge on any atom is 0.335 e. The van der Waals surface area contributed by atoms with E-state index in [2.05, 4.69) is 0 Å². The van der Waals surface area contributed by atoms with Crippen LogP contribution in [-0.2, 0) is 22.7 Å². The molecule has 6 nitrogen and oxygen atoms in total. The molecule has 0 aliphatic rings. The van der Waals surface area contributed by atoms with Gasteiger partial charge in [0, 0.05) is 29.4 Å². The number of carboxylic acids is 1. The molecule has 1 heterocycles. The Morgan fingerprint density at radius 3 is 2.61 bits per heavy atom. The van der Waals surface area contributed by atoms with Gasteiger partial charge in [0.2, 0.25) is 5.78 Å². The van der Waals surface area contributed by atoms with E-state index in [9.17, 15) is 14.0 Å². The number of halogens is 1. The van der Waals surface area contributed by atoms with Crippen molar-refractivity contribution in [2.75, 3.05) is 7.11 Å². The number of carbonyl (C=O) groups excluding carboxylic acids is 1. The molecular weight excluding hydrogens is 425 g/mol.